The van der Waals surface area contributed by atoms with Crippen LogP contribution in [0.5, 0.6) is 0 Å². The molecule has 0 saturated carbocycles. The number of hydrogen-bond acceptors (Lipinski definition) is 2. The van der Waals surface area contributed by atoms with E-state index < -0.39 is 6.09 Å². The van der Waals surface area contributed by atoms with Gasteiger partial charge in [-0.1, -0.05) is 18.7 Å². The molecule has 0 spiro atoms. The van der Waals surface area contributed by atoms with Crippen LogP contribution in [0.3, 0.4) is 0 Å². The number of likely N-dealkylation sites (N-methyl/N-ethyl adjacent to an activating group) is 1. The van der Waals surface area contributed by atoms with Crippen molar-refractivity contribution in [3.05, 3.63) is 36.6 Å². The average Bonchev–Trinajstić information content (AvgIpc) is 2.15. The lowest BCUT2D eigenvalue weighted by atomic mass is 10.3. The van der Waals surface area contributed by atoms with Crippen LogP contribution in [0.15, 0.2) is 36.6 Å². The summed E-state index contributed by atoms with van der Waals surface area (Å²) in [5, 5.41) is 0. The number of allylic oxidation sites excluding steroid dienone is 4. The number of amides is 1. The second kappa shape index (κ2) is 6.06. The van der Waals surface area contributed by atoms with Gasteiger partial charge in [0.1, 0.15) is 0 Å². The fraction of sp³-hybridized carbons (Fsp3) is 0.300. The number of hydrogen-bond donors (Lipinski definition) is 0. The van der Waals surface area contributed by atoms with E-state index in [2.05, 4.69) is 11.3 Å². The topological polar surface area (TPSA) is 29.5 Å². The number of carbonyl (C=O) groups is 1. The monoisotopic (exact) mass is 181 g/mol. The van der Waals surface area contributed by atoms with Gasteiger partial charge in [0.2, 0.25) is 0 Å². The minimum Gasteiger partial charge on any atom is -0.452 e. The van der Waals surface area contributed by atoms with Crippen molar-refractivity contribution in [3.8, 4) is 0 Å². The van der Waals surface area contributed by atoms with Crippen LogP contribution < -0.4 is 0 Å². The normalized spacial score (nSPS) is 11.5. The molecule has 0 aromatic heterocycles. The average molecular weight is 181 g/mol. The molecule has 0 aromatic rings. The van der Waals surface area contributed by atoms with E-state index in [-0.39, 0.29) is 0 Å². The first-order chi connectivity index (χ1) is 6.17. The summed E-state index contributed by atoms with van der Waals surface area (Å²) in [7, 11) is 2.99. The summed E-state index contributed by atoms with van der Waals surface area (Å²) in [6.45, 7) is 5.44. The van der Waals surface area contributed by atoms with Crippen molar-refractivity contribution >= 4 is 6.09 Å². The summed E-state index contributed by atoms with van der Waals surface area (Å²) in [5.41, 5.74) is 0.740. The van der Waals surface area contributed by atoms with E-state index >= 15 is 0 Å². The first-order valence-electron chi connectivity index (χ1n) is 3.94. The van der Waals surface area contributed by atoms with E-state index in [1.807, 2.05) is 13.0 Å². The minimum atomic E-state index is -0.397. The van der Waals surface area contributed by atoms with Gasteiger partial charge < -0.3 is 4.74 Å². The summed E-state index contributed by atoms with van der Waals surface area (Å²) in [4.78, 5) is 12.5. The van der Waals surface area contributed by atoms with Gasteiger partial charge in [-0.05, 0) is 19.1 Å². The lowest BCUT2D eigenvalue weighted by molar-refractivity contribution is 0.144. The highest BCUT2D eigenvalue weighted by atomic mass is 16.5. The summed E-state index contributed by atoms with van der Waals surface area (Å²) < 4.78 is 4.56. The third-order valence-corrected chi connectivity index (χ3v) is 1.46. The van der Waals surface area contributed by atoms with Crippen molar-refractivity contribution in [1.82, 2.24) is 4.90 Å². The molecule has 72 valence electrons. The minimum absolute atomic E-state index is 0.397. The van der Waals surface area contributed by atoms with Crippen LogP contribution in [0.2, 0.25) is 0 Å². The molecule has 13 heavy (non-hydrogen) atoms. The second-order valence-corrected chi connectivity index (χ2v) is 2.36. The highest BCUT2D eigenvalue weighted by Crippen LogP contribution is 2.05. The molecule has 3 nitrogen and oxygen atoms in total. The number of methoxy groups -OCH3 is 1. The summed E-state index contributed by atoms with van der Waals surface area (Å²) in [6, 6.07) is 0. The van der Waals surface area contributed by atoms with Gasteiger partial charge in [-0.25, -0.2) is 4.79 Å². The highest BCUT2D eigenvalue weighted by Gasteiger charge is 2.09. The smallest absolute Gasteiger partial charge is 0.413 e. The molecule has 0 atom stereocenters. The molecule has 0 unspecified atom stereocenters. The van der Waals surface area contributed by atoms with Gasteiger partial charge in [0.05, 0.1) is 7.11 Å². The lowest BCUT2D eigenvalue weighted by Crippen LogP contribution is -2.24. The predicted molar refractivity (Wildman–Crippen MR) is 53.3 cm³/mol. The lowest BCUT2D eigenvalue weighted by Gasteiger charge is -2.15. The van der Waals surface area contributed by atoms with E-state index in [1.165, 1.54) is 12.0 Å². The molecule has 0 radical (unpaired) electrons. The van der Waals surface area contributed by atoms with Crippen LogP contribution in [0.4, 0.5) is 4.79 Å². The van der Waals surface area contributed by atoms with Gasteiger partial charge in [-0.2, -0.15) is 0 Å². The summed E-state index contributed by atoms with van der Waals surface area (Å²) in [5.74, 6) is 0. The fourth-order valence-electron chi connectivity index (χ4n) is 0.813. The number of nitrogens with zero attached hydrogens (tertiary/aromatic N) is 1. The largest absolute Gasteiger partial charge is 0.452 e. The van der Waals surface area contributed by atoms with Gasteiger partial charge in [-0.3, -0.25) is 4.90 Å². The Morgan fingerprint density at radius 2 is 2.15 bits per heavy atom. The van der Waals surface area contributed by atoms with Crippen LogP contribution in [0.25, 0.3) is 0 Å². The Bertz CT molecular complexity index is 241. The van der Waals surface area contributed by atoms with Crippen molar-refractivity contribution in [2.75, 3.05) is 14.2 Å². The van der Waals surface area contributed by atoms with Crippen molar-refractivity contribution < 1.29 is 9.53 Å². The molecule has 0 aliphatic heterocycles. The van der Waals surface area contributed by atoms with Crippen molar-refractivity contribution in [2.45, 2.75) is 6.92 Å². The number of ether oxygens (including phenoxy) is 1. The van der Waals surface area contributed by atoms with Gasteiger partial charge >= 0.3 is 6.09 Å². The maximum atomic E-state index is 11.1. The molecule has 3 heteroatoms. The third-order valence-electron chi connectivity index (χ3n) is 1.46. The Kier molecular flexibility index (Phi) is 5.35. The predicted octanol–water partition coefficient (Wildman–Crippen LogP) is 2.33. The van der Waals surface area contributed by atoms with Crippen LogP contribution >= 0.6 is 0 Å². The van der Waals surface area contributed by atoms with Crippen LogP contribution in [-0.2, 0) is 4.74 Å². The summed E-state index contributed by atoms with van der Waals surface area (Å²) in [6.07, 6.45) is 6.60. The fourth-order valence-corrected chi connectivity index (χ4v) is 0.813. The van der Waals surface area contributed by atoms with Crippen molar-refractivity contribution in [1.29, 1.82) is 0 Å². The zero-order valence-corrected chi connectivity index (χ0v) is 8.28. The Labute approximate surface area is 79.0 Å². The second-order valence-electron chi connectivity index (χ2n) is 2.36. The van der Waals surface area contributed by atoms with Gasteiger partial charge in [-0.15, -0.1) is 0 Å². The van der Waals surface area contributed by atoms with Gasteiger partial charge in [0.15, 0.2) is 0 Å². The maximum Gasteiger partial charge on any atom is 0.413 e. The Morgan fingerprint density at radius 1 is 1.54 bits per heavy atom. The molecule has 0 aromatic carbocycles. The van der Waals surface area contributed by atoms with E-state index in [1.54, 1.807) is 25.3 Å². The molecule has 0 saturated heterocycles. The molecule has 1 amide bonds. The van der Waals surface area contributed by atoms with Gasteiger partial charge in [0, 0.05) is 12.7 Å². The van der Waals surface area contributed by atoms with E-state index in [0.29, 0.717) is 0 Å². The maximum absolute atomic E-state index is 11.1. The first kappa shape index (κ1) is 11.5. The molecular weight excluding hydrogens is 166 g/mol. The Hall–Kier alpha value is -1.51. The van der Waals surface area contributed by atoms with E-state index in [0.717, 1.165) is 5.70 Å². The SMILES string of the molecule is C=C/C=C(\C=C/C)N(C)C(=O)OC. The van der Waals surface area contributed by atoms with E-state index in [9.17, 15) is 4.79 Å². The molecule has 0 heterocycles. The van der Waals surface area contributed by atoms with Crippen molar-refractivity contribution in [2.24, 2.45) is 0 Å². The third kappa shape index (κ3) is 3.60. The molecule has 0 bridgehead atoms. The zero-order chi connectivity index (χ0) is 10.3. The molecule has 0 N–H and O–H groups in total. The van der Waals surface area contributed by atoms with Crippen LogP contribution in [0, 0.1) is 0 Å². The number of rotatable bonds is 3. The van der Waals surface area contributed by atoms with Gasteiger partial charge in [0.25, 0.3) is 0 Å². The highest BCUT2D eigenvalue weighted by molar-refractivity contribution is 5.70. The van der Waals surface area contributed by atoms with Crippen LogP contribution in [-0.4, -0.2) is 25.2 Å². The molecule has 0 aliphatic rings. The molecule has 0 rings (SSSR count). The quantitative estimate of drug-likeness (QED) is 0.625. The summed E-state index contributed by atoms with van der Waals surface area (Å²) >= 11 is 0. The zero-order valence-electron chi connectivity index (χ0n) is 8.28. The van der Waals surface area contributed by atoms with Crippen LogP contribution in [0.1, 0.15) is 6.92 Å². The molecule has 0 fully saturated rings. The first-order valence-corrected chi connectivity index (χ1v) is 3.94. The van der Waals surface area contributed by atoms with Crippen molar-refractivity contribution in [3.63, 3.8) is 0 Å². The standard InChI is InChI=1S/C10H15NO2/c1-5-7-9(8-6-2)11(3)10(12)13-4/h5-8H,1H2,2-4H3/b8-6-,9-7+. The number of carbonyl (C=O) groups excluding carboxylic acids is 1. The van der Waals surface area contributed by atoms with E-state index in [4.69, 9.17) is 0 Å². The molecular formula is C10H15NO2. The Morgan fingerprint density at radius 3 is 2.54 bits per heavy atom. The molecule has 0 aliphatic carbocycles. The Balaban J connectivity index is 4.64.